The summed E-state index contributed by atoms with van der Waals surface area (Å²) in [5, 5.41) is 9.94. The number of benzene rings is 1. The van der Waals surface area contributed by atoms with Crippen LogP contribution in [0.15, 0.2) is 59.4 Å². The molecule has 0 bridgehead atoms. The highest BCUT2D eigenvalue weighted by molar-refractivity contribution is 7.08. The van der Waals surface area contributed by atoms with Crippen molar-refractivity contribution in [2.45, 2.75) is 6.92 Å². The van der Waals surface area contributed by atoms with E-state index in [-0.39, 0.29) is 0 Å². The van der Waals surface area contributed by atoms with Gasteiger partial charge in [0.05, 0.1) is 22.6 Å². The fourth-order valence-corrected chi connectivity index (χ4v) is 3.14. The van der Waals surface area contributed by atoms with E-state index in [0.29, 0.717) is 0 Å². The highest BCUT2D eigenvalue weighted by Gasteiger charge is 2.11. The van der Waals surface area contributed by atoms with Crippen molar-refractivity contribution >= 4 is 22.2 Å². The van der Waals surface area contributed by atoms with E-state index < -0.39 is 0 Å². The van der Waals surface area contributed by atoms with Gasteiger partial charge in [-0.3, -0.25) is 4.98 Å². The summed E-state index contributed by atoms with van der Waals surface area (Å²) in [6, 6.07) is 14.4. The molecule has 4 rings (SSSR count). The second kappa shape index (κ2) is 4.82. The third-order valence-electron chi connectivity index (χ3n) is 3.57. The van der Waals surface area contributed by atoms with Crippen molar-refractivity contribution in [3.05, 3.63) is 65.1 Å². The Kier molecular flexibility index (Phi) is 2.82. The Balaban J connectivity index is 1.97. The molecule has 4 aromatic rings. The second-order valence-corrected chi connectivity index (χ2v) is 5.71. The maximum Gasteiger partial charge on any atom is 0.0781 e. The van der Waals surface area contributed by atoms with Gasteiger partial charge in [0, 0.05) is 22.5 Å². The molecule has 4 heteroatoms. The lowest BCUT2D eigenvalue weighted by Crippen LogP contribution is -1.96. The van der Waals surface area contributed by atoms with Crippen LogP contribution in [0.25, 0.3) is 27.8 Å². The van der Waals surface area contributed by atoms with Crippen LogP contribution < -0.4 is 0 Å². The summed E-state index contributed by atoms with van der Waals surface area (Å²) in [5.74, 6) is 0. The molecule has 3 aromatic heterocycles. The Labute approximate surface area is 126 Å². The third-order valence-corrected chi connectivity index (χ3v) is 4.25. The van der Waals surface area contributed by atoms with E-state index in [2.05, 4.69) is 45.1 Å². The molecule has 0 unspecified atom stereocenters. The third kappa shape index (κ3) is 2.04. The maximum atomic E-state index is 4.66. The molecule has 0 amide bonds. The molecule has 0 aliphatic heterocycles. The lowest BCUT2D eigenvalue weighted by atomic mass is 10.2. The molecule has 0 N–H and O–H groups in total. The topological polar surface area (TPSA) is 30.7 Å². The number of hydrogen-bond donors (Lipinski definition) is 0. The molecule has 3 nitrogen and oxygen atoms in total. The molecular weight excluding hydrogens is 278 g/mol. The average molecular weight is 291 g/mol. The van der Waals surface area contributed by atoms with Gasteiger partial charge in [0.15, 0.2) is 0 Å². The number of aromatic nitrogens is 3. The lowest BCUT2D eigenvalue weighted by molar-refractivity contribution is 0.889. The van der Waals surface area contributed by atoms with Crippen molar-refractivity contribution in [2.24, 2.45) is 0 Å². The summed E-state index contributed by atoms with van der Waals surface area (Å²) >= 11 is 1.68. The smallest absolute Gasteiger partial charge is 0.0781 e. The van der Waals surface area contributed by atoms with Crippen LogP contribution in [0.1, 0.15) is 5.69 Å². The molecule has 0 saturated carbocycles. The molecule has 0 saturated heterocycles. The minimum absolute atomic E-state index is 0.987. The van der Waals surface area contributed by atoms with Crippen LogP contribution in [-0.4, -0.2) is 14.8 Å². The molecule has 0 spiro atoms. The minimum atomic E-state index is 0.987. The average Bonchev–Trinajstić information content (AvgIpc) is 3.16. The van der Waals surface area contributed by atoms with Crippen LogP contribution >= 0.6 is 11.3 Å². The first kappa shape index (κ1) is 12.3. The fraction of sp³-hybridized carbons (Fsp3) is 0.0588. The van der Waals surface area contributed by atoms with Gasteiger partial charge in [-0.25, -0.2) is 4.68 Å². The number of hydrogen-bond acceptors (Lipinski definition) is 3. The van der Waals surface area contributed by atoms with Crippen molar-refractivity contribution < 1.29 is 0 Å². The Bertz CT molecular complexity index is 893. The Morgan fingerprint density at radius 3 is 2.71 bits per heavy atom. The van der Waals surface area contributed by atoms with E-state index in [1.54, 1.807) is 11.3 Å². The van der Waals surface area contributed by atoms with Gasteiger partial charge in [0.25, 0.3) is 0 Å². The normalized spacial score (nSPS) is 11.1. The van der Waals surface area contributed by atoms with Crippen LogP contribution in [0.4, 0.5) is 0 Å². The van der Waals surface area contributed by atoms with Crippen molar-refractivity contribution in [1.82, 2.24) is 14.8 Å². The standard InChI is InChI=1S/C17H13N3S/c1-12-15-10-18-16(13-7-8-21-11-13)9-17(15)20(19-12)14-5-3-2-4-6-14/h2-11H,1H3. The van der Waals surface area contributed by atoms with Gasteiger partial charge in [-0.15, -0.1) is 0 Å². The van der Waals surface area contributed by atoms with Gasteiger partial charge in [-0.1, -0.05) is 18.2 Å². The van der Waals surface area contributed by atoms with E-state index >= 15 is 0 Å². The van der Waals surface area contributed by atoms with Gasteiger partial charge in [-0.2, -0.15) is 16.4 Å². The maximum absolute atomic E-state index is 4.66. The summed E-state index contributed by atoms with van der Waals surface area (Å²) < 4.78 is 1.99. The van der Waals surface area contributed by atoms with E-state index in [1.165, 1.54) is 0 Å². The Morgan fingerprint density at radius 1 is 1.10 bits per heavy atom. The van der Waals surface area contributed by atoms with Crippen molar-refractivity contribution in [1.29, 1.82) is 0 Å². The quantitative estimate of drug-likeness (QED) is 0.546. The number of thiophene rings is 1. The first-order valence-corrected chi connectivity index (χ1v) is 7.70. The molecule has 0 aliphatic rings. The number of para-hydroxylation sites is 1. The van der Waals surface area contributed by atoms with E-state index in [1.807, 2.05) is 36.0 Å². The molecule has 3 heterocycles. The zero-order valence-corrected chi connectivity index (χ0v) is 12.3. The van der Waals surface area contributed by atoms with Gasteiger partial charge < -0.3 is 0 Å². The molecule has 0 aliphatic carbocycles. The van der Waals surface area contributed by atoms with Crippen LogP contribution in [0.2, 0.25) is 0 Å². The molecule has 0 atom stereocenters. The zero-order chi connectivity index (χ0) is 14.2. The summed E-state index contributed by atoms with van der Waals surface area (Å²) in [4.78, 5) is 4.57. The van der Waals surface area contributed by atoms with Gasteiger partial charge in [0.2, 0.25) is 0 Å². The van der Waals surface area contributed by atoms with Gasteiger partial charge >= 0.3 is 0 Å². The van der Waals surface area contributed by atoms with Gasteiger partial charge in [0.1, 0.15) is 0 Å². The summed E-state index contributed by atoms with van der Waals surface area (Å²) in [6.45, 7) is 2.02. The Morgan fingerprint density at radius 2 is 1.95 bits per heavy atom. The predicted molar refractivity (Wildman–Crippen MR) is 86.9 cm³/mol. The molecule has 1 aromatic carbocycles. The van der Waals surface area contributed by atoms with E-state index in [9.17, 15) is 0 Å². The number of rotatable bonds is 2. The predicted octanol–water partition coefficient (Wildman–Crippen LogP) is 4.46. The summed E-state index contributed by atoms with van der Waals surface area (Å²) in [5.41, 5.74) is 5.30. The van der Waals surface area contributed by atoms with Crippen molar-refractivity contribution in [3.63, 3.8) is 0 Å². The second-order valence-electron chi connectivity index (χ2n) is 4.93. The largest absolute Gasteiger partial charge is 0.255 e. The molecule has 0 fully saturated rings. The number of aryl methyl sites for hydroxylation is 1. The first-order chi connectivity index (χ1) is 10.3. The Hall–Kier alpha value is -2.46. The number of nitrogens with zero attached hydrogens (tertiary/aromatic N) is 3. The van der Waals surface area contributed by atoms with E-state index in [4.69, 9.17) is 0 Å². The number of fused-ring (bicyclic) bond motifs is 1. The fourth-order valence-electron chi connectivity index (χ4n) is 2.49. The van der Waals surface area contributed by atoms with Gasteiger partial charge in [-0.05, 0) is 36.6 Å². The first-order valence-electron chi connectivity index (χ1n) is 6.76. The molecule has 21 heavy (non-hydrogen) atoms. The van der Waals surface area contributed by atoms with Crippen LogP contribution in [0, 0.1) is 6.92 Å². The van der Waals surface area contributed by atoms with Crippen molar-refractivity contribution in [2.75, 3.05) is 0 Å². The van der Waals surface area contributed by atoms with Crippen molar-refractivity contribution in [3.8, 4) is 16.9 Å². The summed E-state index contributed by atoms with van der Waals surface area (Å²) in [6.07, 6.45) is 1.92. The number of pyridine rings is 1. The molecule has 0 radical (unpaired) electrons. The highest BCUT2D eigenvalue weighted by atomic mass is 32.1. The zero-order valence-electron chi connectivity index (χ0n) is 11.5. The SMILES string of the molecule is Cc1nn(-c2ccccc2)c2cc(-c3ccsc3)ncc12. The molecular formula is C17H13N3S. The monoisotopic (exact) mass is 291 g/mol. The van der Waals surface area contributed by atoms with Crippen LogP contribution in [-0.2, 0) is 0 Å². The highest BCUT2D eigenvalue weighted by Crippen LogP contribution is 2.27. The lowest BCUT2D eigenvalue weighted by Gasteiger charge is -2.04. The van der Waals surface area contributed by atoms with Crippen LogP contribution in [0.5, 0.6) is 0 Å². The van der Waals surface area contributed by atoms with E-state index in [0.717, 1.165) is 33.5 Å². The minimum Gasteiger partial charge on any atom is -0.255 e. The molecule has 102 valence electrons. The van der Waals surface area contributed by atoms with Crippen LogP contribution in [0.3, 0.4) is 0 Å². The summed E-state index contributed by atoms with van der Waals surface area (Å²) in [7, 11) is 0.